The number of aliphatic hydroxyl groups is 1. The Labute approximate surface area is 126 Å². The van der Waals surface area contributed by atoms with Crippen molar-refractivity contribution in [2.75, 3.05) is 0 Å². The molecule has 3 N–H and O–H groups in total. The zero-order valence-corrected chi connectivity index (χ0v) is 12.3. The Hall–Kier alpha value is -0.700. The van der Waals surface area contributed by atoms with Crippen LogP contribution < -0.4 is 0 Å². The molecule has 0 saturated carbocycles. The van der Waals surface area contributed by atoms with Crippen molar-refractivity contribution < 1.29 is 23.3 Å². The summed E-state index contributed by atoms with van der Waals surface area (Å²) in [6.07, 6.45) is 2.19. The first kappa shape index (κ1) is 15.4. The molecule has 0 saturated heterocycles. The Morgan fingerprint density at radius 1 is 1.22 bits per heavy atom. The van der Waals surface area contributed by atoms with Gasteiger partial charge in [0.1, 0.15) is 5.71 Å². The van der Waals surface area contributed by atoms with Crippen molar-refractivity contribution in [3.63, 3.8) is 0 Å². The first-order valence-electron chi connectivity index (χ1n) is 4.61. The van der Waals surface area contributed by atoms with Crippen LogP contribution in [0.15, 0.2) is 35.5 Å². The monoisotopic (exact) mass is 278 g/mol. The normalized spacial score (nSPS) is 24.4. The van der Waals surface area contributed by atoms with Gasteiger partial charge in [0.25, 0.3) is 4.93 Å². The summed E-state index contributed by atoms with van der Waals surface area (Å²) in [5, 5.41) is 21.5. The zero-order chi connectivity index (χ0) is 12.7. The van der Waals surface area contributed by atoms with Crippen LogP contribution in [-0.4, -0.2) is 63.5 Å². The number of oxime groups is 1. The molecule has 1 atom stereocenters. The van der Waals surface area contributed by atoms with Crippen LogP contribution in [0.4, 0.5) is 0 Å². The Balaban J connectivity index is 0.00000162. The standard InChI is InChI=1S/C10H9NO5S.Na/c12-10(17(14,15)16)6-5-7-3-1-2-4-8(7)9(10)11-13;/h1-6,12-13H,(H,14,15,16);/b11-9+;. The van der Waals surface area contributed by atoms with E-state index < -0.39 is 20.8 Å². The van der Waals surface area contributed by atoms with Crippen LogP contribution in [-0.2, 0) is 10.1 Å². The topological polar surface area (TPSA) is 107 Å². The van der Waals surface area contributed by atoms with Gasteiger partial charge >= 0.3 is 10.1 Å². The molecule has 1 aliphatic rings. The third-order valence-corrected chi connectivity index (χ3v) is 3.65. The average molecular weight is 278 g/mol. The van der Waals surface area contributed by atoms with E-state index in [0.29, 0.717) is 5.56 Å². The van der Waals surface area contributed by atoms with Crippen LogP contribution >= 0.6 is 0 Å². The van der Waals surface area contributed by atoms with Crippen molar-refractivity contribution in [2.45, 2.75) is 4.93 Å². The van der Waals surface area contributed by atoms with Crippen molar-refractivity contribution >= 4 is 51.5 Å². The van der Waals surface area contributed by atoms with Crippen LogP contribution in [0.25, 0.3) is 6.08 Å². The van der Waals surface area contributed by atoms with E-state index in [2.05, 4.69) is 5.16 Å². The Kier molecular flexibility index (Phi) is 4.37. The fourth-order valence-electron chi connectivity index (χ4n) is 1.67. The molecular formula is C10H9NNaO5S. The second-order valence-corrected chi connectivity index (χ2v) is 5.11. The van der Waals surface area contributed by atoms with Crippen molar-refractivity contribution in [2.24, 2.45) is 5.16 Å². The first-order chi connectivity index (χ1) is 7.90. The van der Waals surface area contributed by atoms with Crippen molar-refractivity contribution in [1.82, 2.24) is 0 Å². The number of nitrogens with zero attached hydrogens (tertiary/aromatic N) is 1. The molecule has 0 aliphatic heterocycles. The molecule has 18 heavy (non-hydrogen) atoms. The van der Waals surface area contributed by atoms with Crippen molar-refractivity contribution in [3.8, 4) is 0 Å². The summed E-state index contributed by atoms with van der Waals surface area (Å²) in [6, 6.07) is 6.42. The van der Waals surface area contributed by atoms with Gasteiger partial charge in [-0.2, -0.15) is 8.42 Å². The van der Waals surface area contributed by atoms with Gasteiger partial charge in [-0.05, 0) is 11.6 Å². The Morgan fingerprint density at radius 3 is 2.39 bits per heavy atom. The fourth-order valence-corrected chi connectivity index (χ4v) is 2.30. The molecule has 6 nitrogen and oxygen atoms in total. The summed E-state index contributed by atoms with van der Waals surface area (Å²) < 4.78 is 31.3. The van der Waals surface area contributed by atoms with E-state index >= 15 is 0 Å². The van der Waals surface area contributed by atoms with E-state index in [9.17, 15) is 13.5 Å². The van der Waals surface area contributed by atoms with E-state index in [-0.39, 0.29) is 35.1 Å². The number of benzene rings is 1. The SMILES string of the molecule is O=S(=O)(O)C1(O)C=Cc2ccccc2/C1=N\O.[Na]. The van der Waals surface area contributed by atoms with Gasteiger partial charge < -0.3 is 10.3 Å². The molecule has 1 unspecified atom stereocenters. The summed E-state index contributed by atoms with van der Waals surface area (Å²) in [6.45, 7) is 0. The smallest absolute Gasteiger partial charge is 0.305 e. The molecule has 0 spiro atoms. The first-order valence-corrected chi connectivity index (χ1v) is 6.05. The molecule has 0 bridgehead atoms. The molecule has 0 amide bonds. The average Bonchev–Trinajstić information content (AvgIpc) is 2.27. The van der Waals surface area contributed by atoms with Gasteiger partial charge in [0.2, 0.25) is 0 Å². The van der Waals surface area contributed by atoms with Crippen molar-refractivity contribution in [3.05, 3.63) is 41.5 Å². The van der Waals surface area contributed by atoms with Crippen molar-refractivity contribution in [1.29, 1.82) is 0 Å². The number of rotatable bonds is 1. The minimum Gasteiger partial charge on any atom is -0.410 e. The van der Waals surface area contributed by atoms with Crippen LogP contribution in [0.1, 0.15) is 11.1 Å². The molecule has 91 valence electrons. The van der Waals surface area contributed by atoms with E-state index in [0.717, 1.165) is 6.08 Å². The molecular weight excluding hydrogens is 269 g/mol. The molecule has 1 aliphatic carbocycles. The summed E-state index contributed by atoms with van der Waals surface area (Å²) in [7, 11) is -4.85. The summed E-state index contributed by atoms with van der Waals surface area (Å²) >= 11 is 0. The quantitative estimate of drug-likeness (QED) is 0.292. The van der Waals surface area contributed by atoms with Crippen LogP contribution in [0.5, 0.6) is 0 Å². The molecule has 1 radical (unpaired) electrons. The minimum absolute atomic E-state index is 0. The van der Waals surface area contributed by atoms with Gasteiger partial charge in [-0.15, -0.1) is 0 Å². The second kappa shape index (κ2) is 5.12. The van der Waals surface area contributed by atoms with E-state index in [1.165, 1.54) is 12.1 Å². The molecule has 0 aromatic heterocycles. The van der Waals surface area contributed by atoms with Gasteiger partial charge in [0.15, 0.2) is 0 Å². The largest absolute Gasteiger partial charge is 0.410 e. The third-order valence-electron chi connectivity index (χ3n) is 2.54. The Bertz CT molecular complexity index is 625. The maximum Gasteiger partial charge on any atom is 0.305 e. The van der Waals surface area contributed by atoms with E-state index in [1.54, 1.807) is 18.2 Å². The van der Waals surface area contributed by atoms with Gasteiger partial charge in [-0.3, -0.25) is 4.55 Å². The third kappa shape index (κ3) is 2.25. The zero-order valence-electron chi connectivity index (χ0n) is 9.48. The molecule has 8 heteroatoms. The molecule has 0 heterocycles. The van der Waals surface area contributed by atoms with E-state index in [4.69, 9.17) is 9.76 Å². The molecule has 1 aromatic rings. The van der Waals surface area contributed by atoms with Gasteiger partial charge in [0.05, 0.1) is 0 Å². The van der Waals surface area contributed by atoms with Crippen LogP contribution in [0.3, 0.4) is 0 Å². The van der Waals surface area contributed by atoms with Crippen LogP contribution in [0, 0.1) is 0 Å². The molecule has 1 aromatic carbocycles. The predicted molar refractivity (Wildman–Crippen MR) is 66.1 cm³/mol. The number of hydrogen-bond acceptors (Lipinski definition) is 5. The van der Waals surface area contributed by atoms with Gasteiger partial charge in [-0.1, -0.05) is 35.5 Å². The fraction of sp³-hybridized carbons (Fsp3) is 0.100. The summed E-state index contributed by atoms with van der Waals surface area (Å²) in [4.78, 5) is -2.73. The molecule has 0 fully saturated rings. The predicted octanol–water partition coefficient (Wildman–Crippen LogP) is 0.0873. The summed E-state index contributed by atoms with van der Waals surface area (Å²) in [5.41, 5.74) is 0.282. The maximum atomic E-state index is 11.1. The minimum atomic E-state index is -4.85. The van der Waals surface area contributed by atoms with Gasteiger partial charge in [0, 0.05) is 35.1 Å². The maximum absolute atomic E-state index is 11.1. The second-order valence-electron chi connectivity index (χ2n) is 3.54. The number of hydrogen-bond donors (Lipinski definition) is 3. The van der Waals surface area contributed by atoms with Gasteiger partial charge in [-0.25, -0.2) is 0 Å². The number of fused-ring (bicyclic) bond motifs is 1. The summed E-state index contributed by atoms with van der Waals surface area (Å²) in [5.74, 6) is 0. The molecule has 2 rings (SSSR count). The van der Waals surface area contributed by atoms with Crippen LogP contribution in [0.2, 0.25) is 0 Å². The Morgan fingerprint density at radius 2 is 1.83 bits per heavy atom. The van der Waals surface area contributed by atoms with E-state index in [1.807, 2.05) is 0 Å².